The van der Waals surface area contributed by atoms with E-state index in [1.807, 2.05) is 7.05 Å². The number of carbonyl (C=O) groups excluding carboxylic acids is 1. The predicted octanol–water partition coefficient (Wildman–Crippen LogP) is 0.0506. The van der Waals surface area contributed by atoms with Crippen LogP contribution in [0, 0.1) is 5.92 Å². The zero-order valence-corrected chi connectivity index (χ0v) is 15.2. The van der Waals surface area contributed by atoms with Crippen molar-refractivity contribution in [2.24, 2.45) is 5.92 Å². The zero-order valence-electron chi connectivity index (χ0n) is 15.2. The fourth-order valence-corrected chi connectivity index (χ4v) is 3.49. The average Bonchev–Trinajstić information content (AvgIpc) is 2.55. The van der Waals surface area contributed by atoms with Gasteiger partial charge in [0.1, 0.15) is 0 Å². The van der Waals surface area contributed by atoms with Gasteiger partial charge in [-0.25, -0.2) is 0 Å². The SMILES string of the molecule is COCCN(C)CC(=O)N1CCCC(CN2CCN(C)CC2)C1. The Labute approximate surface area is 141 Å². The van der Waals surface area contributed by atoms with E-state index in [1.165, 1.54) is 32.6 Å². The van der Waals surface area contributed by atoms with Gasteiger partial charge in [-0.3, -0.25) is 9.69 Å². The molecule has 0 saturated carbocycles. The molecule has 2 aliphatic heterocycles. The van der Waals surface area contributed by atoms with Crippen LogP contribution < -0.4 is 0 Å². The Morgan fingerprint density at radius 3 is 2.65 bits per heavy atom. The quantitative estimate of drug-likeness (QED) is 0.661. The number of rotatable bonds is 7. The molecule has 2 fully saturated rings. The molecule has 0 bridgehead atoms. The van der Waals surface area contributed by atoms with Gasteiger partial charge in [0.15, 0.2) is 0 Å². The summed E-state index contributed by atoms with van der Waals surface area (Å²) in [7, 11) is 5.88. The van der Waals surface area contributed by atoms with Crippen LogP contribution in [0.25, 0.3) is 0 Å². The van der Waals surface area contributed by atoms with Gasteiger partial charge >= 0.3 is 0 Å². The second-order valence-corrected chi connectivity index (χ2v) is 7.18. The number of likely N-dealkylation sites (tertiary alicyclic amines) is 1. The molecule has 0 aliphatic carbocycles. The fourth-order valence-electron chi connectivity index (χ4n) is 3.49. The molecule has 0 N–H and O–H groups in total. The molecule has 0 spiro atoms. The lowest BCUT2D eigenvalue weighted by Gasteiger charge is -2.38. The van der Waals surface area contributed by atoms with Crippen molar-refractivity contribution in [1.29, 1.82) is 0 Å². The summed E-state index contributed by atoms with van der Waals surface area (Å²) in [4.78, 5) is 21.6. The van der Waals surface area contributed by atoms with Gasteiger partial charge in [-0.2, -0.15) is 0 Å². The van der Waals surface area contributed by atoms with Crippen molar-refractivity contribution in [3.63, 3.8) is 0 Å². The molecule has 6 nitrogen and oxygen atoms in total. The van der Waals surface area contributed by atoms with Crippen molar-refractivity contribution in [2.45, 2.75) is 12.8 Å². The molecule has 0 radical (unpaired) electrons. The third-order valence-corrected chi connectivity index (χ3v) is 5.07. The first-order valence-electron chi connectivity index (χ1n) is 8.94. The molecule has 0 aromatic heterocycles. The van der Waals surface area contributed by atoms with Gasteiger partial charge in [-0.05, 0) is 32.9 Å². The van der Waals surface area contributed by atoms with Crippen LogP contribution in [-0.4, -0.2) is 112 Å². The Morgan fingerprint density at radius 2 is 1.96 bits per heavy atom. The maximum Gasteiger partial charge on any atom is 0.236 e. The van der Waals surface area contributed by atoms with Crippen LogP contribution in [0.5, 0.6) is 0 Å². The number of amides is 1. The first kappa shape index (κ1) is 18.6. The summed E-state index contributed by atoms with van der Waals surface area (Å²) < 4.78 is 5.07. The molecule has 23 heavy (non-hydrogen) atoms. The highest BCUT2D eigenvalue weighted by atomic mass is 16.5. The van der Waals surface area contributed by atoms with Crippen LogP contribution in [0.4, 0.5) is 0 Å². The van der Waals surface area contributed by atoms with E-state index in [4.69, 9.17) is 4.74 Å². The summed E-state index contributed by atoms with van der Waals surface area (Å²) in [6.07, 6.45) is 2.40. The summed E-state index contributed by atoms with van der Waals surface area (Å²) in [5.74, 6) is 0.909. The molecule has 2 rings (SSSR count). The van der Waals surface area contributed by atoms with Crippen molar-refractivity contribution in [1.82, 2.24) is 19.6 Å². The van der Waals surface area contributed by atoms with Gasteiger partial charge in [0.25, 0.3) is 0 Å². The molecule has 1 amide bonds. The molecular weight excluding hydrogens is 292 g/mol. The van der Waals surface area contributed by atoms with Crippen LogP contribution in [-0.2, 0) is 9.53 Å². The minimum absolute atomic E-state index is 0.270. The molecule has 0 aromatic rings. The lowest BCUT2D eigenvalue weighted by Crippen LogP contribution is -2.50. The molecule has 2 heterocycles. The van der Waals surface area contributed by atoms with Crippen LogP contribution in [0.2, 0.25) is 0 Å². The minimum atomic E-state index is 0.270. The van der Waals surface area contributed by atoms with E-state index in [0.29, 0.717) is 19.1 Å². The second kappa shape index (κ2) is 9.57. The van der Waals surface area contributed by atoms with Gasteiger partial charge in [0.05, 0.1) is 13.2 Å². The minimum Gasteiger partial charge on any atom is -0.383 e. The fraction of sp³-hybridized carbons (Fsp3) is 0.941. The monoisotopic (exact) mass is 326 g/mol. The maximum absolute atomic E-state index is 12.5. The summed E-state index contributed by atoms with van der Waals surface area (Å²) in [5, 5.41) is 0. The number of hydrogen-bond donors (Lipinski definition) is 0. The van der Waals surface area contributed by atoms with Crippen molar-refractivity contribution < 1.29 is 9.53 Å². The van der Waals surface area contributed by atoms with Crippen LogP contribution in [0.15, 0.2) is 0 Å². The van der Waals surface area contributed by atoms with Crippen molar-refractivity contribution >= 4 is 5.91 Å². The van der Waals surface area contributed by atoms with E-state index in [2.05, 4.69) is 26.6 Å². The molecule has 2 saturated heterocycles. The van der Waals surface area contributed by atoms with Gasteiger partial charge in [0.2, 0.25) is 5.91 Å². The van der Waals surface area contributed by atoms with Crippen LogP contribution >= 0.6 is 0 Å². The smallest absolute Gasteiger partial charge is 0.236 e. The van der Waals surface area contributed by atoms with E-state index in [1.54, 1.807) is 7.11 Å². The third kappa shape index (κ3) is 6.37. The maximum atomic E-state index is 12.5. The van der Waals surface area contributed by atoms with E-state index >= 15 is 0 Å². The molecule has 2 aliphatic rings. The van der Waals surface area contributed by atoms with Gasteiger partial charge in [0, 0.05) is 59.5 Å². The standard InChI is InChI=1S/C17H34N4O2/c1-18-7-9-20(10-8-18)13-16-5-4-6-21(14-16)17(22)15-19(2)11-12-23-3/h16H,4-15H2,1-3H3. The average molecular weight is 326 g/mol. The number of piperidine rings is 1. The topological polar surface area (TPSA) is 39.3 Å². The number of carbonyl (C=O) groups is 1. The number of hydrogen-bond acceptors (Lipinski definition) is 5. The summed E-state index contributed by atoms with van der Waals surface area (Å²) in [6, 6.07) is 0. The predicted molar refractivity (Wildman–Crippen MR) is 92.6 cm³/mol. The summed E-state index contributed by atoms with van der Waals surface area (Å²) >= 11 is 0. The van der Waals surface area contributed by atoms with E-state index in [9.17, 15) is 4.79 Å². The highest BCUT2D eigenvalue weighted by Gasteiger charge is 2.26. The van der Waals surface area contributed by atoms with Crippen LogP contribution in [0.3, 0.4) is 0 Å². The third-order valence-electron chi connectivity index (χ3n) is 5.07. The number of likely N-dealkylation sites (N-methyl/N-ethyl adjacent to an activating group) is 2. The normalized spacial score (nSPS) is 24.3. The Kier molecular flexibility index (Phi) is 7.76. The lowest BCUT2D eigenvalue weighted by atomic mass is 9.97. The Morgan fingerprint density at radius 1 is 1.22 bits per heavy atom. The molecule has 0 aromatic carbocycles. The highest BCUT2D eigenvalue weighted by molar-refractivity contribution is 5.78. The summed E-state index contributed by atoms with van der Waals surface area (Å²) in [5.41, 5.74) is 0. The Bertz CT molecular complexity index is 359. The van der Waals surface area contributed by atoms with E-state index < -0.39 is 0 Å². The number of piperazine rings is 1. The molecular formula is C17H34N4O2. The number of ether oxygens (including phenoxy) is 1. The van der Waals surface area contributed by atoms with E-state index in [0.717, 1.165) is 32.6 Å². The first-order chi connectivity index (χ1) is 11.1. The molecule has 1 unspecified atom stereocenters. The summed E-state index contributed by atoms with van der Waals surface area (Å²) in [6.45, 7) is 9.67. The largest absolute Gasteiger partial charge is 0.383 e. The van der Waals surface area contributed by atoms with Crippen LogP contribution in [0.1, 0.15) is 12.8 Å². The van der Waals surface area contributed by atoms with E-state index in [-0.39, 0.29) is 5.91 Å². The molecule has 6 heteroatoms. The Hall–Kier alpha value is -0.690. The van der Waals surface area contributed by atoms with Gasteiger partial charge < -0.3 is 19.4 Å². The van der Waals surface area contributed by atoms with Gasteiger partial charge in [-0.1, -0.05) is 0 Å². The Balaban J connectivity index is 1.73. The van der Waals surface area contributed by atoms with Gasteiger partial charge in [-0.15, -0.1) is 0 Å². The molecule has 1 atom stereocenters. The van der Waals surface area contributed by atoms with Crippen molar-refractivity contribution in [3.8, 4) is 0 Å². The lowest BCUT2D eigenvalue weighted by molar-refractivity contribution is -0.134. The molecule has 134 valence electrons. The van der Waals surface area contributed by atoms with Crippen molar-refractivity contribution in [3.05, 3.63) is 0 Å². The second-order valence-electron chi connectivity index (χ2n) is 7.18. The number of methoxy groups -OCH3 is 1. The highest BCUT2D eigenvalue weighted by Crippen LogP contribution is 2.18. The van der Waals surface area contributed by atoms with Crippen molar-refractivity contribution in [2.75, 3.05) is 86.7 Å². The first-order valence-corrected chi connectivity index (χ1v) is 8.94. The number of nitrogens with zero attached hydrogens (tertiary/aromatic N) is 4. The zero-order chi connectivity index (χ0) is 16.7.